The van der Waals surface area contributed by atoms with Gasteiger partial charge in [-0.2, -0.15) is 4.98 Å². The third-order valence-corrected chi connectivity index (χ3v) is 6.90. The molecular formula is C24H36N6O. The normalized spacial score (nSPS) is 20.1. The van der Waals surface area contributed by atoms with Crippen LogP contribution in [0.1, 0.15) is 76.0 Å². The monoisotopic (exact) mass is 424 g/mol. The van der Waals surface area contributed by atoms with Gasteiger partial charge >= 0.3 is 0 Å². The predicted octanol–water partition coefficient (Wildman–Crippen LogP) is 3.98. The number of piperidine rings is 1. The van der Waals surface area contributed by atoms with E-state index in [2.05, 4.69) is 29.0 Å². The number of hydrogen-bond donors (Lipinski definition) is 1. The highest BCUT2D eigenvalue weighted by Gasteiger charge is 2.29. The highest BCUT2D eigenvalue weighted by molar-refractivity contribution is 5.77. The van der Waals surface area contributed by atoms with Crippen molar-refractivity contribution in [2.24, 2.45) is 5.92 Å². The Hall–Kier alpha value is -2.44. The van der Waals surface area contributed by atoms with E-state index < -0.39 is 0 Å². The van der Waals surface area contributed by atoms with E-state index in [9.17, 15) is 4.79 Å². The lowest BCUT2D eigenvalue weighted by Crippen LogP contribution is -2.44. The van der Waals surface area contributed by atoms with Gasteiger partial charge in [-0.15, -0.1) is 0 Å². The van der Waals surface area contributed by atoms with Gasteiger partial charge in [0, 0.05) is 49.2 Å². The van der Waals surface area contributed by atoms with Crippen molar-refractivity contribution in [1.29, 1.82) is 0 Å². The summed E-state index contributed by atoms with van der Waals surface area (Å²) in [5.41, 5.74) is 2.18. The van der Waals surface area contributed by atoms with Crippen molar-refractivity contribution >= 4 is 11.7 Å². The molecule has 1 saturated carbocycles. The molecule has 2 aliphatic rings. The number of anilines is 1. The second-order valence-electron chi connectivity index (χ2n) is 9.09. The molecule has 1 N–H and O–H groups in total. The number of rotatable bonds is 7. The predicted molar refractivity (Wildman–Crippen MR) is 122 cm³/mol. The summed E-state index contributed by atoms with van der Waals surface area (Å²) in [6.45, 7) is 5.98. The number of aromatic nitrogens is 4. The third-order valence-electron chi connectivity index (χ3n) is 6.90. The van der Waals surface area contributed by atoms with Gasteiger partial charge < -0.3 is 10.2 Å². The van der Waals surface area contributed by atoms with E-state index in [0.29, 0.717) is 18.3 Å². The molecule has 168 valence electrons. The summed E-state index contributed by atoms with van der Waals surface area (Å²) >= 11 is 0. The summed E-state index contributed by atoms with van der Waals surface area (Å²) in [7, 11) is 0. The lowest BCUT2D eigenvalue weighted by atomic mass is 9.89. The fraction of sp³-hybridized carbons (Fsp3) is 0.667. The first-order valence-electron chi connectivity index (χ1n) is 12.0. The molecule has 31 heavy (non-hydrogen) atoms. The minimum atomic E-state index is 0.182. The molecule has 7 heteroatoms. The Kier molecular flexibility index (Phi) is 7.20. The Morgan fingerprint density at radius 2 is 1.94 bits per heavy atom. The van der Waals surface area contributed by atoms with Crippen molar-refractivity contribution in [3.05, 3.63) is 30.0 Å². The molecule has 1 atom stereocenters. The lowest BCUT2D eigenvalue weighted by molar-refractivity contribution is -0.121. The molecule has 0 radical (unpaired) electrons. The molecule has 1 saturated heterocycles. The molecule has 3 heterocycles. The van der Waals surface area contributed by atoms with E-state index >= 15 is 0 Å². The van der Waals surface area contributed by atoms with Gasteiger partial charge in [0.1, 0.15) is 12.1 Å². The average Bonchev–Trinajstić information content (AvgIpc) is 3.33. The Labute approximate surface area is 185 Å². The number of imidazole rings is 1. The Morgan fingerprint density at radius 3 is 2.68 bits per heavy atom. The molecule has 2 aromatic rings. The minimum absolute atomic E-state index is 0.182. The Bertz CT molecular complexity index is 859. The topological polar surface area (TPSA) is 75.9 Å². The van der Waals surface area contributed by atoms with Crippen molar-refractivity contribution < 1.29 is 4.79 Å². The number of amides is 1. The van der Waals surface area contributed by atoms with Crippen LogP contribution in [0.4, 0.5) is 5.82 Å². The van der Waals surface area contributed by atoms with E-state index in [1.165, 1.54) is 37.7 Å². The fourth-order valence-electron chi connectivity index (χ4n) is 5.14. The van der Waals surface area contributed by atoms with Crippen LogP contribution >= 0.6 is 0 Å². The van der Waals surface area contributed by atoms with Crippen LogP contribution in [0.2, 0.25) is 0 Å². The largest absolute Gasteiger partial charge is 0.356 e. The van der Waals surface area contributed by atoms with Gasteiger partial charge in [-0.25, -0.2) is 9.97 Å². The SMILES string of the molecule is CCc1c(C)nc(-n2ccnc2)nc1N1CCCCC1CC(=O)NCC1CCCCC1. The van der Waals surface area contributed by atoms with E-state index in [1.807, 2.05) is 10.8 Å². The molecule has 1 aliphatic carbocycles. The van der Waals surface area contributed by atoms with Gasteiger partial charge in [0.15, 0.2) is 0 Å². The smallest absolute Gasteiger partial charge is 0.237 e. The average molecular weight is 425 g/mol. The van der Waals surface area contributed by atoms with Crippen molar-refractivity contribution in [2.75, 3.05) is 18.0 Å². The quantitative estimate of drug-likeness (QED) is 0.728. The van der Waals surface area contributed by atoms with Gasteiger partial charge in [-0.3, -0.25) is 9.36 Å². The zero-order valence-electron chi connectivity index (χ0n) is 19.0. The molecule has 2 aromatic heterocycles. The van der Waals surface area contributed by atoms with Gasteiger partial charge in [-0.1, -0.05) is 26.2 Å². The second-order valence-corrected chi connectivity index (χ2v) is 9.09. The van der Waals surface area contributed by atoms with Crippen LogP contribution in [0.3, 0.4) is 0 Å². The number of carbonyl (C=O) groups is 1. The summed E-state index contributed by atoms with van der Waals surface area (Å²) in [5, 5.41) is 3.23. The molecule has 0 spiro atoms. The first-order chi connectivity index (χ1) is 15.2. The molecule has 0 aromatic carbocycles. The van der Waals surface area contributed by atoms with Crippen LogP contribution in [0, 0.1) is 12.8 Å². The maximum Gasteiger partial charge on any atom is 0.237 e. The van der Waals surface area contributed by atoms with Crippen molar-refractivity contribution in [3.8, 4) is 5.95 Å². The number of carbonyl (C=O) groups excluding carboxylic acids is 1. The molecule has 1 amide bonds. The summed E-state index contributed by atoms with van der Waals surface area (Å²) in [4.78, 5) is 29.0. The molecule has 0 bridgehead atoms. The summed E-state index contributed by atoms with van der Waals surface area (Å²) in [6, 6.07) is 0.190. The summed E-state index contributed by atoms with van der Waals surface area (Å²) < 4.78 is 1.85. The minimum Gasteiger partial charge on any atom is -0.356 e. The lowest BCUT2D eigenvalue weighted by Gasteiger charge is -2.38. The number of hydrogen-bond acceptors (Lipinski definition) is 5. The maximum absolute atomic E-state index is 12.8. The third kappa shape index (κ3) is 5.25. The van der Waals surface area contributed by atoms with Crippen molar-refractivity contribution in [1.82, 2.24) is 24.8 Å². The number of nitrogens with zero attached hydrogens (tertiary/aromatic N) is 5. The van der Waals surface area contributed by atoms with E-state index in [0.717, 1.165) is 50.3 Å². The second kappa shape index (κ2) is 10.2. The number of aryl methyl sites for hydroxylation is 1. The first kappa shape index (κ1) is 21.8. The van der Waals surface area contributed by atoms with Crippen LogP contribution in [0.5, 0.6) is 0 Å². The molecular weight excluding hydrogens is 388 g/mol. The van der Waals surface area contributed by atoms with Crippen molar-refractivity contribution in [3.63, 3.8) is 0 Å². The van der Waals surface area contributed by atoms with Crippen LogP contribution in [0.25, 0.3) is 5.95 Å². The zero-order valence-corrected chi connectivity index (χ0v) is 19.0. The van der Waals surface area contributed by atoms with Crippen molar-refractivity contribution in [2.45, 2.75) is 84.1 Å². The van der Waals surface area contributed by atoms with Gasteiger partial charge in [-0.05, 0) is 51.4 Å². The standard InChI is InChI=1S/C24H36N6O/c1-3-21-18(2)27-24(29-14-12-25-17-29)28-23(21)30-13-8-7-11-20(30)15-22(31)26-16-19-9-5-4-6-10-19/h12,14,17,19-20H,3-11,13,15-16H2,1-2H3,(H,26,31). The van der Waals surface area contributed by atoms with Gasteiger partial charge in [0.2, 0.25) is 11.9 Å². The highest BCUT2D eigenvalue weighted by Crippen LogP contribution is 2.30. The Morgan fingerprint density at radius 1 is 1.13 bits per heavy atom. The van der Waals surface area contributed by atoms with E-state index in [1.54, 1.807) is 12.5 Å². The maximum atomic E-state index is 12.8. The van der Waals surface area contributed by atoms with Crippen LogP contribution in [0.15, 0.2) is 18.7 Å². The zero-order chi connectivity index (χ0) is 21.6. The molecule has 2 fully saturated rings. The van der Waals surface area contributed by atoms with E-state index in [-0.39, 0.29) is 11.9 Å². The Balaban J connectivity index is 1.50. The van der Waals surface area contributed by atoms with Crippen LogP contribution < -0.4 is 10.2 Å². The molecule has 7 nitrogen and oxygen atoms in total. The summed E-state index contributed by atoms with van der Waals surface area (Å²) in [5.74, 6) is 2.48. The van der Waals surface area contributed by atoms with E-state index in [4.69, 9.17) is 9.97 Å². The fourth-order valence-corrected chi connectivity index (χ4v) is 5.14. The van der Waals surface area contributed by atoms with Crippen LogP contribution in [-0.4, -0.2) is 44.6 Å². The highest BCUT2D eigenvalue weighted by atomic mass is 16.1. The molecule has 1 unspecified atom stereocenters. The summed E-state index contributed by atoms with van der Waals surface area (Å²) in [6.07, 6.45) is 16.6. The number of nitrogens with one attached hydrogen (secondary N) is 1. The first-order valence-corrected chi connectivity index (χ1v) is 12.0. The molecule has 4 rings (SSSR count). The van der Waals surface area contributed by atoms with Gasteiger partial charge in [0.25, 0.3) is 0 Å². The van der Waals surface area contributed by atoms with Crippen LogP contribution in [-0.2, 0) is 11.2 Å². The van der Waals surface area contributed by atoms with Gasteiger partial charge in [0.05, 0.1) is 0 Å². The molecule has 1 aliphatic heterocycles.